The first-order chi connectivity index (χ1) is 12.5. The Balaban J connectivity index is 1.65. The first-order valence-electron chi connectivity index (χ1n) is 8.14. The molecule has 1 unspecified atom stereocenters. The molecule has 1 N–H and O–H groups in total. The Bertz CT molecular complexity index is 823. The van der Waals surface area contributed by atoms with Crippen molar-refractivity contribution in [2.45, 2.75) is 6.42 Å². The molecule has 0 spiro atoms. The summed E-state index contributed by atoms with van der Waals surface area (Å²) in [6, 6.07) is 9.32. The largest absolute Gasteiger partial charge is 0.476 e. The van der Waals surface area contributed by atoms with Crippen LogP contribution < -0.4 is 4.90 Å². The van der Waals surface area contributed by atoms with Crippen LogP contribution in [-0.4, -0.2) is 57.9 Å². The maximum atomic E-state index is 12.7. The van der Waals surface area contributed by atoms with Crippen molar-refractivity contribution in [3.63, 3.8) is 0 Å². The molecule has 2 aromatic rings. The Labute approximate surface area is 150 Å². The van der Waals surface area contributed by atoms with Crippen molar-refractivity contribution >= 4 is 23.5 Å². The maximum absolute atomic E-state index is 12.7. The molecule has 8 nitrogen and oxygen atoms in total. The molecule has 8 heteroatoms. The van der Waals surface area contributed by atoms with Crippen LogP contribution in [0.4, 0.5) is 5.69 Å². The number of benzene rings is 1. The van der Waals surface area contributed by atoms with E-state index in [4.69, 9.17) is 5.11 Å². The first kappa shape index (κ1) is 17.5. The van der Waals surface area contributed by atoms with Gasteiger partial charge in [-0.1, -0.05) is 18.2 Å². The number of anilines is 1. The number of rotatable bonds is 4. The Morgan fingerprint density at radius 2 is 1.77 bits per heavy atom. The summed E-state index contributed by atoms with van der Waals surface area (Å²) in [5.41, 5.74) is 0.650. The molecule has 0 saturated carbocycles. The first-order valence-corrected chi connectivity index (χ1v) is 8.14. The zero-order valence-corrected chi connectivity index (χ0v) is 14.2. The SMILES string of the molecule is CN(C(=O)C1CCN(C(=O)c2cnc(C(=O)O)cn2)C1)c1ccccc1. The van der Waals surface area contributed by atoms with Gasteiger partial charge in [0.25, 0.3) is 5.91 Å². The van der Waals surface area contributed by atoms with E-state index in [1.54, 1.807) is 16.8 Å². The third-order valence-electron chi connectivity index (χ3n) is 4.39. The standard InChI is InChI=1S/C18H18N4O4/c1-21(13-5-3-2-4-6-13)16(23)12-7-8-22(11-12)17(24)14-9-20-15(10-19-14)18(25)26/h2-6,9-10,12H,7-8,11H2,1H3,(H,25,26). The topological polar surface area (TPSA) is 104 Å². The van der Waals surface area contributed by atoms with Crippen LogP contribution in [0.15, 0.2) is 42.7 Å². The van der Waals surface area contributed by atoms with Gasteiger partial charge < -0.3 is 14.9 Å². The zero-order valence-electron chi connectivity index (χ0n) is 14.2. The van der Waals surface area contributed by atoms with Gasteiger partial charge in [0, 0.05) is 25.8 Å². The van der Waals surface area contributed by atoms with E-state index >= 15 is 0 Å². The number of likely N-dealkylation sites (tertiary alicyclic amines) is 1. The number of carboxylic acid groups (broad SMARTS) is 1. The number of hydrogen-bond acceptors (Lipinski definition) is 5. The minimum absolute atomic E-state index is 0.0428. The number of carboxylic acids is 1. The molecule has 2 amide bonds. The molecule has 26 heavy (non-hydrogen) atoms. The Kier molecular flexibility index (Phi) is 4.92. The second-order valence-corrected chi connectivity index (χ2v) is 6.06. The van der Waals surface area contributed by atoms with E-state index in [0.717, 1.165) is 18.1 Å². The molecule has 1 aliphatic heterocycles. The van der Waals surface area contributed by atoms with Gasteiger partial charge >= 0.3 is 5.97 Å². The predicted molar refractivity (Wildman–Crippen MR) is 92.9 cm³/mol. The Hall–Kier alpha value is -3.29. The van der Waals surface area contributed by atoms with Crippen molar-refractivity contribution in [2.24, 2.45) is 5.92 Å². The average Bonchev–Trinajstić information content (AvgIpc) is 3.17. The molecule has 1 aliphatic rings. The molecule has 1 aromatic carbocycles. The van der Waals surface area contributed by atoms with E-state index in [0.29, 0.717) is 19.5 Å². The summed E-state index contributed by atoms with van der Waals surface area (Å²) in [5.74, 6) is -1.88. The molecule has 0 aliphatic carbocycles. The predicted octanol–water partition coefficient (Wildman–Crippen LogP) is 1.30. The van der Waals surface area contributed by atoms with Gasteiger partial charge in [0.05, 0.1) is 18.3 Å². The number of nitrogens with zero attached hydrogens (tertiary/aromatic N) is 4. The van der Waals surface area contributed by atoms with Crippen LogP contribution in [0.5, 0.6) is 0 Å². The highest BCUT2D eigenvalue weighted by molar-refractivity contribution is 5.97. The smallest absolute Gasteiger partial charge is 0.356 e. The summed E-state index contributed by atoms with van der Waals surface area (Å²) in [5, 5.41) is 8.83. The van der Waals surface area contributed by atoms with Gasteiger partial charge in [-0.05, 0) is 18.6 Å². The molecule has 1 fully saturated rings. The van der Waals surface area contributed by atoms with Crippen molar-refractivity contribution in [1.82, 2.24) is 14.9 Å². The molecule has 0 radical (unpaired) electrons. The van der Waals surface area contributed by atoms with Crippen molar-refractivity contribution in [3.05, 3.63) is 54.1 Å². The number of carbonyl (C=O) groups excluding carboxylic acids is 2. The van der Waals surface area contributed by atoms with Crippen molar-refractivity contribution < 1.29 is 19.5 Å². The van der Waals surface area contributed by atoms with E-state index in [-0.39, 0.29) is 29.1 Å². The van der Waals surface area contributed by atoms with Gasteiger partial charge in [-0.15, -0.1) is 0 Å². The minimum Gasteiger partial charge on any atom is -0.476 e. The summed E-state index contributed by atoms with van der Waals surface area (Å²) in [6.45, 7) is 0.747. The second-order valence-electron chi connectivity index (χ2n) is 6.06. The van der Waals surface area contributed by atoms with E-state index < -0.39 is 5.97 Å². The van der Waals surface area contributed by atoms with Crippen molar-refractivity contribution in [1.29, 1.82) is 0 Å². The number of aromatic carboxylic acids is 1. The van der Waals surface area contributed by atoms with E-state index in [1.807, 2.05) is 30.3 Å². The summed E-state index contributed by atoms with van der Waals surface area (Å²) in [4.78, 5) is 46.7. The lowest BCUT2D eigenvalue weighted by molar-refractivity contribution is -0.121. The Morgan fingerprint density at radius 3 is 2.38 bits per heavy atom. The highest BCUT2D eigenvalue weighted by Crippen LogP contribution is 2.22. The summed E-state index contributed by atoms with van der Waals surface area (Å²) >= 11 is 0. The van der Waals surface area contributed by atoms with Gasteiger partial charge in [-0.2, -0.15) is 0 Å². The molecule has 3 rings (SSSR count). The molecule has 1 saturated heterocycles. The molecular formula is C18H18N4O4. The van der Waals surface area contributed by atoms with Gasteiger partial charge in [-0.25, -0.2) is 14.8 Å². The lowest BCUT2D eigenvalue weighted by atomic mass is 10.1. The highest BCUT2D eigenvalue weighted by atomic mass is 16.4. The number of para-hydroxylation sites is 1. The fourth-order valence-electron chi connectivity index (χ4n) is 2.91. The fraction of sp³-hybridized carbons (Fsp3) is 0.278. The van der Waals surface area contributed by atoms with Gasteiger partial charge in [0.15, 0.2) is 5.69 Å². The lowest BCUT2D eigenvalue weighted by Gasteiger charge is -2.21. The average molecular weight is 354 g/mol. The molecule has 1 atom stereocenters. The van der Waals surface area contributed by atoms with Gasteiger partial charge in [-0.3, -0.25) is 9.59 Å². The number of amides is 2. The third-order valence-corrected chi connectivity index (χ3v) is 4.39. The van der Waals surface area contributed by atoms with Crippen LogP contribution in [0.1, 0.15) is 27.4 Å². The fourth-order valence-corrected chi connectivity index (χ4v) is 2.91. The number of aromatic nitrogens is 2. The van der Waals surface area contributed by atoms with E-state index in [2.05, 4.69) is 9.97 Å². The van der Waals surface area contributed by atoms with Gasteiger partial charge in [0.1, 0.15) is 5.69 Å². The van der Waals surface area contributed by atoms with Crippen LogP contribution in [0, 0.1) is 5.92 Å². The monoisotopic (exact) mass is 354 g/mol. The van der Waals surface area contributed by atoms with Crippen LogP contribution in [0.3, 0.4) is 0 Å². The molecule has 1 aromatic heterocycles. The quantitative estimate of drug-likeness (QED) is 0.887. The summed E-state index contributed by atoms with van der Waals surface area (Å²) in [6.07, 6.45) is 2.77. The van der Waals surface area contributed by atoms with E-state index in [9.17, 15) is 14.4 Å². The highest BCUT2D eigenvalue weighted by Gasteiger charge is 2.33. The van der Waals surface area contributed by atoms with Crippen LogP contribution >= 0.6 is 0 Å². The van der Waals surface area contributed by atoms with E-state index in [1.165, 1.54) is 0 Å². The van der Waals surface area contributed by atoms with Crippen LogP contribution in [0.2, 0.25) is 0 Å². The number of carbonyl (C=O) groups is 3. The summed E-state index contributed by atoms with van der Waals surface area (Å²) < 4.78 is 0. The molecule has 134 valence electrons. The third kappa shape index (κ3) is 3.53. The molecular weight excluding hydrogens is 336 g/mol. The van der Waals surface area contributed by atoms with Gasteiger partial charge in [0.2, 0.25) is 5.91 Å². The molecule has 0 bridgehead atoms. The minimum atomic E-state index is -1.20. The normalized spacial score (nSPS) is 16.3. The van der Waals surface area contributed by atoms with Crippen LogP contribution in [0.25, 0.3) is 0 Å². The zero-order chi connectivity index (χ0) is 18.7. The number of hydrogen-bond donors (Lipinski definition) is 1. The maximum Gasteiger partial charge on any atom is 0.356 e. The second kappa shape index (κ2) is 7.30. The van der Waals surface area contributed by atoms with Crippen molar-refractivity contribution in [3.8, 4) is 0 Å². The Morgan fingerprint density at radius 1 is 1.12 bits per heavy atom. The summed E-state index contributed by atoms with van der Waals surface area (Å²) in [7, 11) is 1.72. The lowest BCUT2D eigenvalue weighted by Crippen LogP contribution is -2.36. The van der Waals surface area contributed by atoms with Crippen molar-refractivity contribution in [2.75, 3.05) is 25.0 Å². The van der Waals surface area contributed by atoms with Crippen LogP contribution in [-0.2, 0) is 4.79 Å². The molecule has 2 heterocycles.